The summed E-state index contributed by atoms with van der Waals surface area (Å²) in [6.45, 7) is 2.83. The highest BCUT2D eigenvalue weighted by molar-refractivity contribution is 7.09. The minimum Gasteiger partial charge on any atom is -0.350 e. The van der Waals surface area contributed by atoms with Crippen molar-refractivity contribution >= 4 is 17.2 Å². The van der Waals surface area contributed by atoms with Crippen LogP contribution in [0.2, 0.25) is 0 Å². The lowest BCUT2D eigenvalue weighted by Gasteiger charge is -2.22. The van der Waals surface area contributed by atoms with Gasteiger partial charge in [-0.15, -0.1) is 11.3 Å². The third-order valence-corrected chi connectivity index (χ3v) is 4.78. The van der Waals surface area contributed by atoms with E-state index in [4.69, 9.17) is 0 Å². The first kappa shape index (κ1) is 15.2. The van der Waals surface area contributed by atoms with Gasteiger partial charge in [0.2, 0.25) is 0 Å². The number of aromatic nitrogens is 1. The van der Waals surface area contributed by atoms with Crippen molar-refractivity contribution in [2.24, 2.45) is 5.92 Å². The molecule has 1 saturated heterocycles. The van der Waals surface area contributed by atoms with Crippen molar-refractivity contribution in [3.63, 3.8) is 0 Å². The summed E-state index contributed by atoms with van der Waals surface area (Å²) >= 11 is 1.55. The van der Waals surface area contributed by atoms with Crippen LogP contribution in [0.5, 0.6) is 0 Å². The van der Waals surface area contributed by atoms with Gasteiger partial charge in [-0.2, -0.15) is 0 Å². The number of rotatable bonds is 5. The zero-order chi connectivity index (χ0) is 15.2. The van der Waals surface area contributed by atoms with Gasteiger partial charge in [0.25, 0.3) is 5.91 Å². The molecule has 1 aliphatic heterocycles. The number of amides is 1. The minimum atomic E-state index is -0.0545. The summed E-state index contributed by atoms with van der Waals surface area (Å²) in [5.41, 5.74) is 1.76. The lowest BCUT2D eigenvalue weighted by atomic mass is 10.00. The van der Waals surface area contributed by atoms with Gasteiger partial charge in [0.1, 0.15) is 5.69 Å². The smallest absolute Gasteiger partial charge is 0.270 e. The lowest BCUT2D eigenvalue weighted by Crippen LogP contribution is -2.38. The number of hydrogen-bond acceptors (Lipinski definition) is 4. The first-order valence-electron chi connectivity index (χ1n) is 7.78. The summed E-state index contributed by atoms with van der Waals surface area (Å²) in [6, 6.07) is 10.2. The average Bonchev–Trinajstić information content (AvgIpc) is 3.03. The lowest BCUT2D eigenvalue weighted by molar-refractivity contribution is 0.0940. The Balaban J connectivity index is 1.52. The van der Waals surface area contributed by atoms with E-state index in [1.54, 1.807) is 11.3 Å². The number of nitrogens with zero attached hydrogens (tertiary/aromatic N) is 1. The zero-order valence-corrected chi connectivity index (χ0v) is 13.4. The Hall–Kier alpha value is -1.72. The minimum absolute atomic E-state index is 0.0545. The summed E-state index contributed by atoms with van der Waals surface area (Å²) in [6.07, 6.45) is 3.16. The maximum atomic E-state index is 12.2. The Bertz CT molecular complexity index is 605. The third kappa shape index (κ3) is 4.15. The van der Waals surface area contributed by atoms with Gasteiger partial charge in [0.05, 0.1) is 5.01 Å². The largest absolute Gasteiger partial charge is 0.350 e. The van der Waals surface area contributed by atoms with E-state index in [9.17, 15) is 4.79 Å². The van der Waals surface area contributed by atoms with Gasteiger partial charge in [0.15, 0.2) is 0 Å². The van der Waals surface area contributed by atoms with Gasteiger partial charge in [-0.05, 0) is 37.4 Å². The zero-order valence-electron chi connectivity index (χ0n) is 12.5. The number of piperidine rings is 1. The molecule has 1 aliphatic rings. The van der Waals surface area contributed by atoms with Crippen LogP contribution in [0.15, 0.2) is 35.7 Å². The van der Waals surface area contributed by atoms with Crippen molar-refractivity contribution in [3.05, 3.63) is 52.0 Å². The maximum absolute atomic E-state index is 12.2. The fourth-order valence-corrected chi connectivity index (χ4v) is 3.50. The average molecular weight is 315 g/mol. The molecule has 2 aromatic rings. The van der Waals surface area contributed by atoms with E-state index < -0.39 is 0 Å². The number of carbonyl (C=O) groups excluding carboxylic acids is 1. The highest BCUT2D eigenvalue weighted by atomic mass is 32.1. The molecule has 0 saturated carbocycles. The van der Waals surface area contributed by atoms with E-state index in [0.29, 0.717) is 11.6 Å². The van der Waals surface area contributed by atoms with Crippen LogP contribution >= 0.6 is 11.3 Å². The van der Waals surface area contributed by atoms with E-state index >= 15 is 0 Å². The number of nitrogens with one attached hydrogen (secondary N) is 2. The Morgan fingerprint density at radius 2 is 2.23 bits per heavy atom. The van der Waals surface area contributed by atoms with Crippen LogP contribution in [-0.2, 0) is 6.42 Å². The van der Waals surface area contributed by atoms with E-state index in [1.165, 1.54) is 18.4 Å². The molecule has 2 heterocycles. The monoisotopic (exact) mass is 315 g/mol. The van der Waals surface area contributed by atoms with Crippen LogP contribution in [0.25, 0.3) is 0 Å². The molecule has 1 fully saturated rings. The molecule has 3 rings (SSSR count). The van der Waals surface area contributed by atoms with Crippen LogP contribution in [0.3, 0.4) is 0 Å². The molecule has 0 spiro atoms. The van der Waals surface area contributed by atoms with Crippen molar-refractivity contribution in [2.75, 3.05) is 19.6 Å². The Morgan fingerprint density at radius 1 is 1.36 bits per heavy atom. The van der Waals surface area contributed by atoms with Crippen molar-refractivity contribution < 1.29 is 4.79 Å². The molecule has 1 amide bonds. The highest BCUT2D eigenvalue weighted by Gasteiger charge is 2.16. The van der Waals surface area contributed by atoms with E-state index in [-0.39, 0.29) is 5.91 Å². The van der Waals surface area contributed by atoms with E-state index in [0.717, 1.165) is 31.1 Å². The van der Waals surface area contributed by atoms with Crippen LogP contribution in [0.1, 0.15) is 33.9 Å². The SMILES string of the molecule is O=C(NCC1CCCNC1)c1csc(Cc2ccccc2)n1. The first-order chi connectivity index (χ1) is 10.8. The summed E-state index contributed by atoms with van der Waals surface area (Å²) in [5.74, 6) is 0.487. The van der Waals surface area contributed by atoms with Crippen LogP contribution < -0.4 is 10.6 Å². The number of hydrogen-bond donors (Lipinski definition) is 2. The molecule has 0 aliphatic carbocycles. The Kier molecular flexibility index (Phi) is 5.19. The Labute approximate surface area is 135 Å². The van der Waals surface area contributed by atoms with Crippen molar-refractivity contribution in [2.45, 2.75) is 19.3 Å². The molecule has 0 radical (unpaired) electrons. The predicted octanol–water partition coefficient (Wildman–Crippen LogP) is 2.46. The second kappa shape index (κ2) is 7.51. The van der Waals surface area contributed by atoms with Gasteiger partial charge >= 0.3 is 0 Å². The molecule has 116 valence electrons. The van der Waals surface area contributed by atoms with Gasteiger partial charge in [-0.1, -0.05) is 30.3 Å². The fraction of sp³-hybridized carbons (Fsp3) is 0.412. The normalized spacial score (nSPS) is 18.1. The number of benzene rings is 1. The maximum Gasteiger partial charge on any atom is 0.270 e. The second-order valence-corrected chi connectivity index (χ2v) is 6.65. The summed E-state index contributed by atoms with van der Waals surface area (Å²) in [7, 11) is 0. The molecule has 1 aromatic heterocycles. The molecule has 1 unspecified atom stereocenters. The molecule has 1 aromatic carbocycles. The number of carbonyl (C=O) groups is 1. The van der Waals surface area contributed by atoms with Crippen molar-refractivity contribution in [1.82, 2.24) is 15.6 Å². The third-order valence-electron chi connectivity index (χ3n) is 3.93. The first-order valence-corrected chi connectivity index (χ1v) is 8.66. The Morgan fingerprint density at radius 3 is 3.00 bits per heavy atom. The second-order valence-electron chi connectivity index (χ2n) is 5.71. The fourth-order valence-electron chi connectivity index (χ4n) is 2.69. The van der Waals surface area contributed by atoms with Crippen LogP contribution in [0.4, 0.5) is 0 Å². The van der Waals surface area contributed by atoms with E-state index in [2.05, 4.69) is 27.8 Å². The standard InChI is InChI=1S/C17H21N3OS/c21-17(19-11-14-7-4-8-18-10-14)15-12-22-16(20-15)9-13-5-2-1-3-6-13/h1-3,5-6,12,14,18H,4,7-11H2,(H,19,21). The molecular formula is C17H21N3OS. The summed E-state index contributed by atoms with van der Waals surface area (Å²) in [4.78, 5) is 16.6. The van der Waals surface area contributed by atoms with Crippen molar-refractivity contribution in [1.29, 1.82) is 0 Å². The molecule has 0 bridgehead atoms. The van der Waals surface area contributed by atoms with Crippen LogP contribution in [-0.4, -0.2) is 30.5 Å². The molecule has 22 heavy (non-hydrogen) atoms. The van der Waals surface area contributed by atoms with Crippen molar-refractivity contribution in [3.8, 4) is 0 Å². The summed E-state index contributed by atoms with van der Waals surface area (Å²) < 4.78 is 0. The summed E-state index contributed by atoms with van der Waals surface area (Å²) in [5, 5.41) is 9.21. The highest BCUT2D eigenvalue weighted by Crippen LogP contribution is 2.15. The van der Waals surface area contributed by atoms with Crippen LogP contribution in [0, 0.1) is 5.92 Å². The predicted molar refractivity (Wildman–Crippen MR) is 89.3 cm³/mol. The van der Waals surface area contributed by atoms with E-state index in [1.807, 2.05) is 23.6 Å². The molecule has 2 N–H and O–H groups in total. The van der Waals surface area contributed by atoms with Gasteiger partial charge in [-0.25, -0.2) is 4.98 Å². The molecule has 5 heteroatoms. The molecule has 4 nitrogen and oxygen atoms in total. The quantitative estimate of drug-likeness (QED) is 0.891. The number of thiazole rings is 1. The van der Waals surface area contributed by atoms with Gasteiger partial charge < -0.3 is 10.6 Å². The molecular weight excluding hydrogens is 294 g/mol. The topological polar surface area (TPSA) is 54.0 Å². The van der Waals surface area contributed by atoms with Gasteiger partial charge in [-0.3, -0.25) is 4.79 Å². The molecule has 1 atom stereocenters. The van der Waals surface area contributed by atoms with Gasteiger partial charge in [0, 0.05) is 18.3 Å².